The molecular formula is C13H17N3O3. The second kappa shape index (κ2) is 7.21. The smallest absolute Gasteiger partial charge is 0.355 e. The van der Waals surface area contributed by atoms with Crippen LogP contribution in [0.4, 0.5) is 0 Å². The predicted molar refractivity (Wildman–Crippen MR) is 68.4 cm³/mol. The van der Waals surface area contributed by atoms with Crippen molar-refractivity contribution in [3.63, 3.8) is 0 Å². The van der Waals surface area contributed by atoms with Crippen LogP contribution in [0, 0.1) is 18.3 Å². The summed E-state index contributed by atoms with van der Waals surface area (Å²) in [6.45, 7) is 4.15. The van der Waals surface area contributed by atoms with Gasteiger partial charge in [0.15, 0.2) is 0 Å². The molecule has 1 aromatic heterocycles. The van der Waals surface area contributed by atoms with Crippen LogP contribution in [0.1, 0.15) is 29.4 Å². The lowest BCUT2D eigenvalue weighted by atomic mass is 10.3. The minimum atomic E-state index is -0.435. The molecule has 0 aliphatic rings. The van der Waals surface area contributed by atoms with E-state index in [2.05, 4.69) is 5.32 Å². The van der Waals surface area contributed by atoms with E-state index in [1.54, 1.807) is 30.7 Å². The van der Waals surface area contributed by atoms with Crippen molar-refractivity contribution in [2.75, 3.05) is 13.2 Å². The number of esters is 1. The number of aryl methyl sites for hydroxylation is 1. The first-order chi connectivity index (χ1) is 9.10. The second-order valence-electron chi connectivity index (χ2n) is 3.95. The third-order valence-electron chi connectivity index (χ3n) is 2.51. The summed E-state index contributed by atoms with van der Waals surface area (Å²) in [5, 5.41) is 11.0. The Morgan fingerprint density at radius 2 is 2.26 bits per heavy atom. The largest absolute Gasteiger partial charge is 0.461 e. The number of nitrogens with one attached hydrogen (secondary N) is 1. The molecule has 1 heterocycles. The molecule has 1 rings (SSSR count). The van der Waals surface area contributed by atoms with Crippen LogP contribution in [0.25, 0.3) is 0 Å². The Labute approximate surface area is 112 Å². The van der Waals surface area contributed by atoms with Gasteiger partial charge < -0.3 is 14.6 Å². The number of rotatable bonds is 6. The Kier molecular flexibility index (Phi) is 5.61. The number of ether oxygens (including phenoxy) is 1. The van der Waals surface area contributed by atoms with Gasteiger partial charge in [0.05, 0.1) is 19.1 Å². The molecule has 102 valence electrons. The molecule has 0 fully saturated rings. The highest BCUT2D eigenvalue weighted by molar-refractivity contribution is 5.90. The third kappa shape index (κ3) is 4.14. The zero-order valence-electron chi connectivity index (χ0n) is 11.1. The van der Waals surface area contributed by atoms with Gasteiger partial charge in [-0.2, -0.15) is 5.26 Å². The van der Waals surface area contributed by atoms with Gasteiger partial charge in [0, 0.05) is 12.7 Å². The molecule has 0 aliphatic carbocycles. The first-order valence-corrected chi connectivity index (χ1v) is 6.06. The van der Waals surface area contributed by atoms with Crippen molar-refractivity contribution < 1.29 is 14.3 Å². The number of hydrogen-bond acceptors (Lipinski definition) is 4. The highest BCUT2D eigenvalue weighted by Gasteiger charge is 2.17. The molecule has 1 amide bonds. The SMILES string of the molecule is CCOC(=O)c1c(C)ccn1CC(=O)NCCC#N. The molecule has 0 aromatic carbocycles. The van der Waals surface area contributed by atoms with Gasteiger partial charge >= 0.3 is 5.97 Å². The average Bonchev–Trinajstić information content (AvgIpc) is 2.71. The lowest BCUT2D eigenvalue weighted by Gasteiger charge is -2.09. The number of hydrogen-bond donors (Lipinski definition) is 1. The van der Waals surface area contributed by atoms with Gasteiger partial charge in [-0.05, 0) is 25.5 Å². The van der Waals surface area contributed by atoms with Crippen molar-refractivity contribution in [3.05, 3.63) is 23.5 Å². The summed E-state index contributed by atoms with van der Waals surface area (Å²) in [5.41, 5.74) is 1.15. The minimum Gasteiger partial charge on any atom is -0.461 e. The maximum atomic E-state index is 11.8. The maximum absolute atomic E-state index is 11.8. The Bertz CT molecular complexity index is 500. The summed E-state index contributed by atoms with van der Waals surface area (Å²) in [7, 11) is 0. The summed E-state index contributed by atoms with van der Waals surface area (Å²) in [6.07, 6.45) is 1.94. The number of aromatic nitrogens is 1. The molecule has 6 nitrogen and oxygen atoms in total. The monoisotopic (exact) mass is 263 g/mol. The summed E-state index contributed by atoms with van der Waals surface area (Å²) < 4.78 is 6.50. The Hall–Kier alpha value is -2.29. The van der Waals surface area contributed by atoms with E-state index in [1.165, 1.54) is 0 Å². The van der Waals surface area contributed by atoms with Crippen LogP contribution in [0.2, 0.25) is 0 Å². The van der Waals surface area contributed by atoms with E-state index in [9.17, 15) is 9.59 Å². The van der Waals surface area contributed by atoms with E-state index in [0.29, 0.717) is 12.2 Å². The van der Waals surface area contributed by atoms with Gasteiger partial charge in [0.1, 0.15) is 12.2 Å². The second-order valence-corrected chi connectivity index (χ2v) is 3.95. The first kappa shape index (κ1) is 14.8. The molecule has 1 N–H and O–H groups in total. The Morgan fingerprint density at radius 1 is 1.53 bits per heavy atom. The molecule has 1 aromatic rings. The number of amides is 1. The molecule has 0 saturated carbocycles. The zero-order chi connectivity index (χ0) is 14.3. The maximum Gasteiger partial charge on any atom is 0.355 e. The van der Waals surface area contributed by atoms with Crippen LogP contribution in [-0.4, -0.2) is 29.6 Å². The lowest BCUT2D eigenvalue weighted by Crippen LogP contribution is -2.29. The van der Waals surface area contributed by atoms with Gasteiger partial charge in [0.2, 0.25) is 5.91 Å². The normalized spacial score (nSPS) is 9.74. The Morgan fingerprint density at radius 3 is 2.89 bits per heavy atom. The van der Waals surface area contributed by atoms with Crippen molar-refractivity contribution in [1.29, 1.82) is 5.26 Å². The van der Waals surface area contributed by atoms with Crippen molar-refractivity contribution >= 4 is 11.9 Å². The Balaban J connectivity index is 2.71. The quantitative estimate of drug-likeness (QED) is 0.613. The summed E-state index contributed by atoms with van der Waals surface area (Å²) >= 11 is 0. The third-order valence-corrected chi connectivity index (χ3v) is 2.51. The number of nitrogens with zero attached hydrogens (tertiary/aromatic N) is 2. The lowest BCUT2D eigenvalue weighted by molar-refractivity contribution is -0.121. The van der Waals surface area contributed by atoms with Crippen LogP contribution < -0.4 is 5.32 Å². The molecule has 6 heteroatoms. The summed E-state index contributed by atoms with van der Waals surface area (Å²) in [5.74, 6) is -0.675. The van der Waals surface area contributed by atoms with Crippen molar-refractivity contribution in [2.45, 2.75) is 26.8 Å². The number of nitriles is 1. The van der Waals surface area contributed by atoms with Gasteiger partial charge in [-0.1, -0.05) is 0 Å². The van der Waals surface area contributed by atoms with E-state index >= 15 is 0 Å². The van der Waals surface area contributed by atoms with E-state index in [4.69, 9.17) is 10.00 Å². The van der Waals surface area contributed by atoms with Crippen LogP contribution in [0.3, 0.4) is 0 Å². The van der Waals surface area contributed by atoms with Crippen molar-refractivity contribution in [3.8, 4) is 6.07 Å². The van der Waals surface area contributed by atoms with Gasteiger partial charge in [0.25, 0.3) is 0 Å². The van der Waals surface area contributed by atoms with Crippen molar-refractivity contribution in [2.24, 2.45) is 0 Å². The van der Waals surface area contributed by atoms with Crippen LogP contribution >= 0.6 is 0 Å². The highest BCUT2D eigenvalue weighted by atomic mass is 16.5. The van der Waals surface area contributed by atoms with Crippen LogP contribution in [0.15, 0.2) is 12.3 Å². The molecule has 0 bridgehead atoms. The zero-order valence-corrected chi connectivity index (χ0v) is 11.1. The molecule has 0 spiro atoms. The molecule has 0 unspecified atom stereocenters. The fourth-order valence-electron chi connectivity index (χ4n) is 1.66. The molecule has 0 saturated heterocycles. The van der Waals surface area contributed by atoms with Gasteiger partial charge in [-0.25, -0.2) is 4.79 Å². The number of carbonyl (C=O) groups is 2. The molecule has 0 aliphatic heterocycles. The summed E-state index contributed by atoms with van der Waals surface area (Å²) in [4.78, 5) is 23.4. The fraction of sp³-hybridized carbons (Fsp3) is 0.462. The topological polar surface area (TPSA) is 84.1 Å². The molecule has 0 radical (unpaired) electrons. The molecule has 19 heavy (non-hydrogen) atoms. The van der Waals surface area contributed by atoms with Crippen LogP contribution in [0.5, 0.6) is 0 Å². The van der Waals surface area contributed by atoms with E-state index in [1.807, 2.05) is 6.07 Å². The molecule has 0 atom stereocenters. The number of carbonyl (C=O) groups excluding carboxylic acids is 2. The van der Waals surface area contributed by atoms with E-state index < -0.39 is 5.97 Å². The standard InChI is InChI=1S/C13H17N3O3/c1-3-19-13(18)12-10(2)5-8-16(12)9-11(17)15-7-4-6-14/h5,8H,3-4,7,9H2,1-2H3,(H,15,17). The average molecular weight is 263 g/mol. The van der Waals surface area contributed by atoms with Gasteiger partial charge in [-0.3, -0.25) is 4.79 Å². The first-order valence-electron chi connectivity index (χ1n) is 6.06. The van der Waals surface area contributed by atoms with E-state index in [0.717, 1.165) is 5.56 Å². The highest BCUT2D eigenvalue weighted by Crippen LogP contribution is 2.11. The molecular weight excluding hydrogens is 246 g/mol. The van der Waals surface area contributed by atoms with Crippen molar-refractivity contribution in [1.82, 2.24) is 9.88 Å². The minimum absolute atomic E-state index is 0.0351. The van der Waals surface area contributed by atoms with Crippen LogP contribution in [-0.2, 0) is 16.1 Å². The fourth-order valence-corrected chi connectivity index (χ4v) is 1.66. The van der Waals surface area contributed by atoms with Gasteiger partial charge in [-0.15, -0.1) is 0 Å². The predicted octanol–water partition coefficient (Wildman–Crippen LogP) is 1.00. The van der Waals surface area contributed by atoms with E-state index in [-0.39, 0.29) is 25.5 Å². The summed E-state index contributed by atoms with van der Waals surface area (Å²) in [6, 6.07) is 3.70.